The van der Waals surface area contributed by atoms with Crippen molar-refractivity contribution in [2.24, 2.45) is 5.92 Å². The summed E-state index contributed by atoms with van der Waals surface area (Å²) in [6, 6.07) is 11.0. The minimum absolute atomic E-state index is 0.00685. The summed E-state index contributed by atoms with van der Waals surface area (Å²) in [5.74, 6) is -0.635. The monoisotopic (exact) mass is 457 g/mol. The third-order valence-electron chi connectivity index (χ3n) is 5.34. The molecule has 6 nitrogen and oxygen atoms in total. The van der Waals surface area contributed by atoms with E-state index in [4.69, 9.17) is 0 Å². The summed E-state index contributed by atoms with van der Waals surface area (Å²) >= 11 is 1.30. The number of nitrogens with one attached hydrogen (secondary N) is 3. The maximum Gasteiger partial charge on any atom is 0.256 e. The molecule has 3 N–H and O–H groups in total. The van der Waals surface area contributed by atoms with Gasteiger partial charge >= 0.3 is 0 Å². The lowest BCUT2D eigenvalue weighted by atomic mass is 9.89. The van der Waals surface area contributed by atoms with E-state index < -0.39 is 11.7 Å². The first-order chi connectivity index (χ1) is 15.4. The molecular formula is C24H28FN3O3S. The van der Waals surface area contributed by atoms with Crippen molar-refractivity contribution in [2.75, 3.05) is 22.9 Å². The molecule has 0 radical (unpaired) electrons. The third-order valence-corrected chi connectivity index (χ3v) is 6.41. The summed E-state index contributed by atoms with van der Waals surface area (Å²) in [7, 11) is 0. The van der Waals surface area contributed by atoms with Gasteiger partial charge in [-0.3, -0.25) is 14.4 Å². The van der Waals surface area contributed by atoms with E-state index in [-0.39, 0.29) is 23.3 Å². The Hall–Kier alpha value is -2.87. The van der Waals surface area contributed by atoms with Crippen LogP contribution in [0.1, 0.15) is 49.4 Å². The van der Waals surface area contributed by atoms with Gasteiger partial charge in [0.25, 0.3) is 5.91 Å². The van der Waals surface area contributed by atoms with E-state index in [0.717, 1.165) is 0 Å². The number of anilines is 2. The van der Waals surface area contributed by atoms with Gasteiger partial charge in [0, 0.05) is 24.1 Å². The lowest BCUT2D eigenvalue weighted by molar-refractivity contribution is -0.118. The van der Waals surface area contributed by atoms with Crippen LogP contribution in [0.15, 0.2) is 47.4 Å². The lowest BCUT2D eigenvalue weighted by Gasteiger charge is -2.21. The average Bonchev–Trinajstić information content (AvgIpc) is 2.79. The van der Waals surface area contributed by atoms with Crippen LogP contribution < -0.4 is 16.0 Å². The summed E-state index contributed by atoms with van der Waals surface area (Å²) in [5.41, 5.74) is 0.765. The molecule has 0 heterocycles. The molecule has 1 aliphatic carbocycles. The molecule has 170 valence electrons. The molecule has 8 heteroatoms. The van der Waals surface area contributed by atoms with Gasteiger partial charge in [0.05, 0.1) is 17.0 Å². The first-order valence-electron chi connectivity index (χ1n) is 10.8. The molecule has 0 aliphatic heterocycles. The van der Waals surface area contributed by atoms with Crippen LogP contribution in [0.4, 0.5) is 15.8 Å². The summed E-state index contributed by atoms with van der Waals surface area (Å²) in [6.07, 6.45) is 6.09. The van der Waals surface area contributed by atoms with Crippen LogP contribution in [-0.2, 0) is 9.59 Å². The van der Waals surface area contributed by atoms with E-state index in [0.29, 0.717) is 28.6 Å². The van der Waals surface area contributed by atoms with Gasteiger partial charge in [0.1, 0.15) is 5.82 Å². The third kappa shape index (κ3) is 7.09. The number of halogens is 1. The molecule has 3 rings (SSSR count). The van der Waals surface area contributed by atoms with Gasteiger partial charge in [0.15, 0.2) is 0 Å². The van der Waals surface area contributed by atoms with Gasteiger partial charge < -0.3 is 16.0 Å². The molecule has 32 heavy (non-hydrogen) atoms. The highest BCUT2D eigenvalue weighted by molar-refractivity contribution is 8.00. The Balaban J connectivity index is 1.58. The van der Waals surface area contributed by atoms with Crippen LogP contribution in [0.25, 0.3) is 0 Å². The van der Waals surface area contributed by atoms with Crippen LogP contribution in [0.3, 0.4) is 0 Å². The van der Waals surface area contributed by atoms with Crippen LogP contribution in [0.2, 0.25) is 0 Å². The van der Waals surface area contributed by atoms with Crippen molar-refractivity contribution < 1.29 is 18.8 Å². The summed E-state index contributed by atoms with van der Waals surface area (Å²) in [6.45, 7) is 1.99. The lowest BCUT2D eigenvalue weighted by Crippen LogP contribution is -2.31. The predicted octanol–water partition coefficient (Wildman–Crippen LogP) is 4.83. The van der Waals surface area contributed by atoms with Crippen LogP contribution in [0, 0.1) is 11.7 Å². The first-order valence-corrected chi connectivity index (χ1v) is 11.8. The average molecular weight is 458 g/mol. The largest absolute Gasteiger partial charge is 0.355 e. The van der Waals surface area contributed by atoms with Gasteiger partial charge in [0.2, 0.25) is 11.8 Å². The number of amides is 3. The first kappa shape index (κ1) is 23.8. The standard InChI is InChI=1S/C24H28FN3O3S/c1-16(29)27-21-13-18(11-12-20(21)25)28-24(31)19-9-5-6-10-22(19)32-15-23(30)26-14-17-7-3-2-4-8-17/h5-6,9-13,17H,2-4,7-8,14-15H2,1H3,(H,26,30)(H,27,29)(H,28,31). The Morgan fingerprint density at radius 3 is 2.53 bits per heavy atom. The second-order valence-corrected chi connectivity index (χ2v) is 8.94. The molecule has 0 saturated heterocycles. The molecule has 1 saturated carbocycles. The molecule has 2 aromatic rings. The molecule has 0 aromatic heterocycles. The topological polar surface area (TPSA) is 87.3 Å². The predicted molar refractivity (Wildman–Crippen MR) is 125 cm³/mol. The molecule has 1 aliphatic rings. The molecular weight excluding hydrogens is 429 g/mol. The normalized spacial score (nSPS) is 13.9. The Bertz CT molecular complexity index is 977. The summed E-state index contributed by atoms with van der Waals surface area (Å²) < 4.78 is 13.8. The molecule has 3 amide bonds. The van der Waals surface area contributed by atoms with E-state index in [9.17, 15) is 18.8 Å². The highest BCUT2D eigenvalue weighted by Crippen LogP contribution is 2.26. The van der Waals surface area contributed by atoms with Gasteiger partial charge in [-0.15, -0.1) is 11.8 Å². The zero-order valence-electron chi connectivity index (χ0n) is 18.1. The van der Waals surface area contributed by atoms with Crippen LogP contribution in [-0.4, -0.2) is 30.0 Å². The van der Waals surface area contributed by atoms with E-state index in [1.165, 1.54) is 69.0 Å². The van der Waals surface area contributed by atoms with E-state index in [2.05, 4.69) is 16.0 Å². The number of carbonyl (C=O) groups is 3. The molecule has 0 spiro atoms. The fraction of sp³-hybridized carbons (Fsp3) is 0.375. The van der Waals surface area contributed by atoms with Crippen LogP contribution in [0.5, 0.6) is 0 Å². The highest BCUT2D eigenvalue weighted by atomic mass is 32.2. The number of hydrogen-bond donors (Lipinski definition) is 3. The van der Waals surface area contributed by atoms with Crippen molar-refractivity contribution in [1.82, 2.24) is 5.32 Å². The van der Waals surface area contributed by atoms with Crippen molar-refractivity contribution in [1.29, 1.82) is 0 Å². The van der Waals surface area contributed by atoms with E-state index >= 15 is 0 Å². The molecule has 0 atom stereocenters. The van der Waals surface area contributed by atoms with Crippen molar-refractivity contribution in [3.05, 3.63) is 53.8 Å². The second kappa shape index (κ2) is 11.7. The maximum absolute atomic E-state index is 13.8. The van der Waals surface area contributed by atoms with Gasteiger partial charge in [-0.25, -0.2) is 4.39 Å². The summed E-state index contributed by atoms with van der Waals surface area (Å²) in [5, 5.41) is 8.12. The molecule has 0 bridgehead atoms. The molecule has 2 aromatic carbocycles. The Labute approximate surface area is 191 Å². The number of hydrogen-bond acceptors (Lipinski definition) is 4. The van der Waals surface area contributed by atoms with Gasteiger partial charge in [-0.05, 0) is 49.1 Å². The minimum atomic E-state index is -0.589. The van der Waals surface area contributed by atoms with Gasteiger partial charge in [-0.2, -0.15) is 0 Å². The minimum Gasteiger partial charge on any atom is -0.355 e. The number of rotatable bonds is 8. The maximum atomic E-state index is 13.8. The Morgan fingerprint density at radius 2 is 1.78 bits per heavy atom. The second-order valence-electron chi connectivity index (χ2n) is 7.92. The van der Waals surface area contributed by atoms with Crippen molar-refractivity contribution >= 4 is 40.9 Å². The fourth-order valence-electron chi connectivity index (χ4n) is 3.71. The van der Waals surface area contributed by atoms with Crippen molar-refractivity contribution in [3.63, 3.8) is 0 Å². The van der Waals surface area contributed by atoms with Crippen molar-refractivity contribution in [2.45, 2.75) is 43.9 Å². The fourth-order valence-corrected chi connectivity index (χ4v) is 4.59. The smallest absolute Gasteiger partial charge is 0.256 e. The van der Waals surface area contributed by atoms with E-state index in [1.54, 1.807) is 18.2 Å². The summed E-state index contributed by atoms with van der Waals surface area (Å²) in [4.78, 5) is 37.0. The van der Waals surface area contributed by atoms with Crippen molar-refractivity contribution in [3.8, 4) is 0 Å². The zero-order chi connectivity index (χ0) is 22.9. The SMILES string of the molecule is CC(=O)Nc1cc(NC(=O)c2ccccc2SCC(=O)NCC2CCCCC2)ccc1F. The van der Waals surface area contributed by atoms with Gasteiger partial charge in [-0.1, -0.05) is 31.4 Å². The molecule has 1 fully saturated rings. The quantitative estimate of drug-likeness (QED) is 0.496. The zero-order valence-corrected chi connectivity index (χ0v) is 18.9. The Kier molecular flexibility index (Phi) is 8.67. The van der Waals surface area contributed by atoms with Crippen LogP contribution >= 0.6 is 11.8 Å². The number of benzene rings is 2. The number of thioether (sulfide) groups is 1. The highest BCUT2D eigenvalue weighted by Gasteiger charge is 2.16. The van der Waals surface area contributed by atoms with E-state index in [1.807, 2.05) is 6.07 Å². The Morgan fingerprint density at radius 1 is 1.03 bits per heavy atom. The molecule has 0 unspecified atom stereocenters. The number of carbonyl (C=O) groups excluding carboxylic acids is 3.